The summed E-state index contributed by atoms with van der Waals surface area (Å²) in [6, 6.07) is 25.2. The molecule has 1 spiro atoms. The fraction of sp³-hybridized carbons (Fsp3) is 0.200. The molecule has 1 aliphatic heterocycles. The van der Waals surface area contributed by atoms with Crippen LogP contribution >= 0.6 is 7.14 Å². The smallest absolute Gasteiger partial charge is 0.209 e. The molecular weight excluding hydrogens is 395 g/mol. The van der Waals surface area contributed by atoms with E-state index in [4.69, 9.17) is 14.2 Å². The average Bonchev–Trinajstić information content (AvgIpc) is 3.30. The van der Waals surface area contributed by atoms with E-state index in [1.165, 1.54) is 0 Å². The Morgan fingerprint density at radius 3 is 2.07 bits per heavy atom. The Hall–Kier alpha value is -2.65. The average molecular weight is 418 g/mol. The van der Waals surface area contributed by atoms with Gasteiger partial charge in [-0.1, -0.05) is 78.9 Å². The largest absolute Gasteiger partial charge is 0.497 e. The molecule has 3 aromatic carbocycles. The zero-order valence-corrected chi connectivity index (χ0v) is 17.6. The molecule has 0 saturated carbocycles. The van der Waals surface area contributed by atoms with Gasteiger partial charge < -0.3 is 18.8 Å². The van der Waals surface area contributed by atoms with Crippen LogP contribution in [0.3, 0.4) is 0 Å². The summed E-state index contributed by atoms with van der Waals surface area (Å²) in [5, 5.41) is 1.58. The SMILES string of the molecule is COc1ccc2c(c1)C1(OCCO1)C(P(=O)(c1ccccc1)c1ccccc1)C=C2. The highest BCUT2D eigenvalue weighted by Gasteiger charge is 2.56. The summed E-state index contributed by atoms with van der Waals surface area (Å²) in [4.78, 5) is 0. The molecule has 1 heterocycles. The van der Waals surface area contributed by atoms with Crippen molar-refractivity contribution in [3.05, 3.63) is 96.1 Å². The van der Waals surface area contributed by atoms with E-state index < -0.39 is 18.6 Å². The van der Waals surface area contributed by atoms with Crippen LogP contribution in [0.5, 0.6) is 5.75 Å². The number of hydrogen-bond donors (Lipinski definition) is 0. The van der Waals surface area contributed by atoms with Crippen LogP contribution in [0.1, 0.15) is 11.1 Å². The highest BCUT2D eigenvalue weighted by molar-refractivity contribution is 7.79. The van der Waals surface area contributed by atoms with E-state index in [0.29, 0.717) is 13.2 Å². The van der Waals surface area contributed by atoms with Gasteiger partial charge in [0.15, 0.2) is 7.14 Å². The van der Waals surface area contributed by atoms with Crippen LogP contribution in [-0.2, 0) is 19.8 Å². The van der Waals surface area contributed by atoms with Gasteiger partial charge in [0.1, 0.15) is 5.75 Å². The number of rotatable bonds is 4. The molecular formula is C25H23O4P. The lowest BCUT2D eigenvalue weighted by atomic mass is 9.91. The van der Waals surface area contributed by atoms with Crippen molar-refractivity contribution in [2.45, 2.75) is 11.4 Å². The Morgan fingerprint density at radius 2 is 1.50 bits per heavy atom. The molecule has 2 aliphatic rings. The Bertz CT molecular complexity index is 1070. The predicted octanol–water partition coefficient (Wildman–Crippen LogP) is 4.30. The minimum absolute atomic E-state index is 0.449. The van der Waals surface area contributed by atoms with Crippen molar-refractivity contribution >= 4 is 23.8 Å². The van der Waals surface area contributed by atoms with Gasteiger partial charge in [-0.25, -0.2) is 0 Å². The number of ether oxygens (including phenoxy) is 3. The van der Waals surface area contributed by atoms with E-state index in [1.54, 1.807) is 7.11 Å². The fourth-order valence-corrected chi connectivity index (χ4v) is 7.74. The van der Waals surface area contributed by atoms with Gasteiger partial charge in [0, 0.05) is 16.2 Å². The number of hydrogen-bond acceptors (Lipinski definition) is 4. The zero-order chi connectivity index (χ0) is 20.6. The van der Waals surface area contributed by atoms with Crippen LogP contribution in [0.25, 0.3) is 6.08 Å². The molecule has 1 aliphatic carbocycles. The maximum Gasteiger partial charge on any atom is 0.209 e. The van der Waals surface area contributed by atoms with E-state index in [1.807, 2.05) is 91.0 Å². The van der Waals surface area contributed by atoms with Gasteiger partial charge in [0.05, 0.1) is 26.0 Å². The van der Waals surface area contributed by atoms with Crippen LogP contribution in [0.4, 0.5) is 0 Å². The van der Waals surface area contributed by atoms with E-state index in [9.17, 15) is 0 Å². The highest BCUT2D eigenvalue weighted by atomic mass is 31.2. The van der Waals surface area contributed by atoms with E-state index in [2.05, 4.69) is 0 Å². The molecule has 152 valence electrons. The number of fused-ring (bicyclic) bond motifs is 2. The van der Waals surface area contributed by atoms with Gasteiger partial charge in [0.2, 0.25) is 5.79 Å². The van der Waals surface area contributed by atoms with Crippen molar-refractivity contribution in [1.29, 1.82) is 0 Å². The molecule has 5 rings (SSSR count). The van der Waals surface area contributed by atoms with Crippen LogP contribution in [0, 0.1) is 0 Å². The first-order chi connectivity index (χ1) is 14.7. The molecule has 5 heteroatoms. The topological polar surface area (TPSA) is 44.8 Å². The molecule has 30 heavy (non-hydrogen) atoms. The lowest BCUT2D eigenvalue weighted by molar-refractivity contribution is -0.160. The molecule has 0 amide bonds. The molecule has 0 N–H and O–H groups in total. The van der Waals surface area contributed by atoms with E-state index in [-0.39, 0.29) is 0 Å². The maximum atomic E-state index is 15.1. The predicted molar refractivity (Wildman–Crippen MR) is 119 cm³/mol. The van der Waals surface area contributed by atoms with Crippen molar-refractivity contribution in [3.8, 4) is 5.75 Å². The molecule has 1 fully saturated rings. The molecule has 1 saturated heterocycles. The first-order valence-electron chi connectivity index (χ1n) is 10.0. The summed E-state index contributed by atoms with van der Waals surface area (Å²) >= 11 is 0. The normalized spacial score (nSPS) is 19.6. The third kappa shape index (κ3) is 2.87. The lowest BCUT2D eigenvalue weighted by Crippen LogP contribution is -2.45. The maximum absolute atomic E-state index is 15.1. The molecule has 4 nitrogen and oxygen atoms in total. The first kappa shape index (κ1) is 19.3. The van der Waals surface area contributed by atoms with Gasteiger partial charge in [-0.15, -0.1) is 0 Å². The highest BCUT2D eigenvalue weighted by Crippen LogP contribution is 2.60. The van der Waals surface area contributed by atoms with Crippen LogP contribution in [0.15, 0.2) is 84.9 Å². The summed E-state index contributed by atoms with van der Waals surface area (Å²) in [6.45, 7) is 0.898. The van der Waals surface area contributed by atoms with Crippen molar-refractivity contribution in [3.63, 3.8) is 0 Å². The Morgan fingerprint density at radius 1 is 0.900 bits per heavy atom. The fourth-order valence-electron chi connectivity index (χ4n) is 4.47. The van der Waals surface area contributed by atoms with Crippen molar-refractivity contribution in [1.82, 2.24) is 0 Å². The summed E-state index contributed by atoms with van der Waals surface area (Å²) in [5.41, 5.74) is 1.34. The van der Waals surface area contributed by atoms with Gasteiger partial charge in [-0.05, 0) is 17.7 Å². The standard InChI is InChI=1S/C25H23O4P/c1-27-20-14-12-19-13-15-24(25(23(19)18-20)28-16-17-29-25)30(26,21-8-4-2-5-9-21)22-10-6-3-7-11-22/h2-15,18,24H,16-17H2,1H3. The van der Waals surface area contributed by atoms with Gasteiger partial charge in [-0.2, -0.15) is 0 Å². The van der Waals surface area contributed by atoms with Crippen LogP contribution in [-0.4, -0.2) is 26.0 Å². The van der Waals surface area contributed by atoms with Crippen molar-refractivity contribution in [2.75, 3.05) is 20.3 Å². The second-order valence-corrected chi connectivity index (χ2v) is 10.4. The number of benzene rings is 3. The molecule has 1 atom stereocenters. The first-order valence-corrected chi connectivity index (χ1v) is 11.8. The third-order valence-electron chi connectivity index (χ3n) is 5.87. The minimum atomic E-state index is -3.17. The van der Waals surface area contributed by atoms with E-state index >= 15 is 4.57 Å². The minimum Gasteiger partial charge on any atom is -0.497 e. The summed E-state index contributed by atoms with van der Waals surface area (Å²) in [5.74, 6) is -0.407. The van der Waals surface area contributed by atoms with Gasteiger partial charge >= 0.3 is 0 Å². The zero-order valence-electron chi connectivity index (χ0n) is 16.7. The van der Waals surface area contributed by atoms with Gasteiger partial charge in [-0.3, -0.25) is 0 Å². The van der Waals surface area contributed by atoms with Crippen LogP contribution in [0.2, 0.25) is 0 Å². The molecule has 0 aromatic heterocycles. The second kappa shape index (κ2) is 7.55. The quantitative estimate of drug-likeness (QED) is 0.593. The summed E-state index contributed by atoms with van der Waals surface area (Å²) < 4.78 is 33.1. The Balaban J connectivity index is 1.77. The molecule has 0 bridgehead atoms. The van der Waals surface area contributed by atoms with E-state index in [0.717, 1.165) is 27.5 Å². The Labute approximate surface area is 176 Å². The molecule has 1 unspecified atom stereocenters. The monoisotopic (exact) mass is 418 g/mol. The van der Waals surface area contributed by atoms with Crippen LogP contribution < -0.4 is 15.3 Å². The Kier molecular flexibility index (Phi) is 4.86. The van der Waals surface area contributed by atoms with Gasteiger partial charge in [0.25, 0.3) is 0 Å². The van der Waals surface area contributed by atoms with Crippen molar-refractivity contribution < 1.29 is 18.8 Å². The molecule has 3 aromatic rings. The van der Waals surface area contributed by atoms with Crippen molar-refractivity contribution in [2.24, 2.45) is 0 Å². The second-order valence-electron chi connectivity index (χ2n) is 7.45. The summed E-state index contributed by atoms with van der Waals surface area (Å²) in [6.07, 6.45) is 4.02. The number of methoxy groups -OCH3 is 1. The molecule has 0 radical (unpaired) electrons. The lowest BCUT2D eigenvalue weighted by Gasteiger charge is -2.42. The third-order valence-corrected chi connectivity index (χ3v) is 9.30. The summed E-state index contributed by atoms with van der Waals surface area (Å²) in [7, 11) is -1.53.